The van der Waals surface area contributed by atoms with Crippen molar-refractivity contribution in [3.8, 4) is 0 Å². The summed E-state index contributed by atoms with van der Waals surface area (Å²) in [4.78, 5) is 2.59. The van der Waals surface area contributed by atoms with Crippen molar-refractivity contribution in [3.63, 3.8) is 0 Å². The molecule has 0 aliphatic carbocycles. The van der Waals surface area contributed by atoms with Gasteiger partial charge in [-0.25, -0.2) is 0 Å². The molecule has 0 amide bonds. The summed E-state index contributed by atoms with van der Waals surface area (Å²) in [6.45, 7) is 5.57. The Morgan fingerprint density at radius 2 is 2.05 bits per heavy atom. The lowest BCUT2D eigenvalue weighted by Crippen LogP contribution is -2.25. The zero-order chi connectivity index (χ0) is 13.5. The van der Waals surface area contributed by atoms with Crippen LogP contribution in [-0.2, 0) is 6.42 Å². The second-order valence-electron chi connectivity index (χ2n) is 5.90. The lowest BCUT2D eigenvalue weighted by Gasteiger charge is -2.25. The molecule has 0 radical (unpaired) electrons. The van der Waals surface area contributed by atoms with Crippen molar-refractivity contribution in [2.45, 2.75) is 45.4 Å². The number of nitrogens with zero attached hydrogens (tertiary/aromatic N) is 1. The summed E-state index contributed by atoms with van der Waals surface area (Å²) in [5.41, 5.74) is 8.63. The third-order valence-corrected chi connectivity index (χ3v) is 4.24. The van der Waals surface area contributed by atoms with Crippen LogP contribution >= 0.6 is 0 Å². The molecular weight excluding hydrogens is 232 g/mol. The number of hydrogen-bond acceptors (Lipinski definition) is 2. The fourth-order valence-electron chi connectivity index (χ4n) is 3.06. The van der Waals surface area contributed by atoms with E-state index in [4.69, 9.17) is 5.73 Å². The highest BCUT2D eigenvalue weighted by Gasteiger charge is 2.14. The average molecular weight is 260 g/mol. The summed E-state index contributed by atoms with van der Waals surface area (Å²) in [5.74, 6) is 0.771. The molecule has 0 saturated carbocycles. The van der Waals surface area contributed by atoms with Crippen LogP contribution in [0.25, 0.3) is 0 Å². The maximum atomic E-state index is 5.62. The molecule has 1 heterocycles. The number of fused-ring (bicyclic) bond motifs is 1. The van der Waals surface area contributed by atoms with Gasteiger partial charge in [0, 0.05) is 18.8 Å². The van der Waals surface area contributed by atoms with E-state index in [1.807, 2.05) is 0 Å². The number of hydrogen-bond donors (Lipinski definition) is 1. The average Bonchev–Trinajstić information content (AvgIpc) is 2.62. The first kappa shape index (κ1) is 14.4. The highest BCUT2D eigenvalue weighted by atomic mass is 15.1. The Labute approximate surface area is 118 Å². The molecule has 1 aromatic carbocycles. The highest BCUT2D eigenvalue weighted by molar-refractivity contribution is 5.54. The van der Waals surface area contributed by atoms with E-state index in [0.29, 0.717) is 0 Å². The molecule has 19 heavy (non-hydrogen) atoms. The van der Waals surface area contributed by atoms with Crippen LogP contribution in [0.15, 0.2) is 24.3 Å². The molecule has 1 aromatic rings. The van der Waals surface area contributed by atoms with Crippen molar-refractivity contribution in [1.82, 2.24) is 0 Å². The van der Waals surface area contributed by atoms with Crippen molar-refractivity contribution < 1.29 is 0 Å². The Hall–Kier alpha value is -1.02. The molecule has 1 aliphatic heterocycles. The SMILES string of the molecule is CC(CCN)CCCN1CCCCc2ccccc21. The Balaban J connectivity index is 1.89. The summed E-state index contributed by atoms with van der Waals surface area (Å²) < 4.78 is 0. The molecule has 0 spiro atoms. The van der Waals surface area contributed by atoms with Gasteiger partial charge in [-0.3, -0.25) is 0 Å². The van der Waals surface area contributed by atoms with E-state index in [2.05, 4.69) is 36.1 Å². The Morgan fingerprint density at radius 3 is 2.89 bits per heavy atom. The molecule has 0 bridgehead atoms. The van der Waals surface area contributed by atoms with E-state index < -0.39 is 0 Å². The molecule has 2 N–H and O–H groups in total. The standard InChI is InChI=1S/C17H28N2/c1-15(11-12-18)7-6-14-19-13-5-4-9-16-8-2-3-10-17(16)19/h2-3,8,10,15H,4-7,9,11-14,18H2,1H3. The summed E-state index contributed by atoms with van der Waals surface area (Å²) in [6.07, 6.45) is 7.66. The number of rotatable bonds is 6. The summed E-state index contributed by atoms with van der Waals surface area (Å²) in [5, 5.41) is 0. The van der Waals surface area contributed by atoms with Crippen LogP contribution in [0.3, 0.4) is 0 Å². The van der Waals surface area contributed by atoms with Crippen LogP contribution < -0.4 is 10.6 Å². The zero-order valence-electron chi connectivity index (χ0n) is 12.3. The van der Waals surface area contributed by atoms with Crippen LogP contribution in [0.5, 0.6) is 0 Å². The molecule has 106 valence electrons. The monoisotopic (exact) mass is 260 g/mol. The van der Waals surface area contributed by atoms with Gasteiger partial charge in [0.2, 0.25) is 0 Å². The summed E-state index contributed by atoms with van der Waals surface area (Å²) in [6, 6.07) is 8.94. The predicted octanol–water partition coefficient (Wildman–Crippen LogP) is 3.59. The summed E-state index contributed by atoms with van der Waals surface area (Å²) >= 11 is 0. The maximum Gasteiger partial charge on any atom is 0.0398 e. The number of nitrogens with two attached hydrogens (primary N) is 1. The Kier molecular flexibility index (Phi) is 5.71. The molecule has 1 unspecified atom stereocenters. The van der Waals surface area contributed by atoms with E-state index >= 15 is 0 Å². The predicted molar refractivity (Wildman–Crippen MR) is 83.7 cm³/mol. The Morgan fingerprint density at radius 1 is 1.21 bits per heavy atom. The van der Waals surface area contributed by atoms with E-state index in [-0.39, 0.29) is 0 Å². The van der Waals surface area contributed by atoms with Crippen molar-refractivity contribution >= 4 is 5.69 Å². The largest absolute Gasteiger partial charge is 0.371 e. The lowest BCUT2D eigenvalue weighted by molar-refractivity contribution is 0.479. The molecule has 0 fully saturated rings. The first-order chi connectivity index (χ1) is 9.31. The van der Waals surface area contributed by atoms with Crippen LogP contribution in [0.4, 0.5) is 5.69 Å². The van der Waals surface area contributed by atoms with E-state index in [1.165, 1.54) is 56.4 Å². The number of benzene rings is 1. The molecule has 0 saturated heterocycles. The maximum absolute atomic E-state index is 5.62. The molecule has 2 nitrogen and oxygen atoms in total. The number of para-hydroxylation sites is 1. The van der Waals surface area contributed by atoms with E-state index in [9.17, 15) is 0 Å². The first-order valence-electron chi connectivity index (χ1n) is 7.84. The van der Waals surface area contributed by atoms with Crippen molar-refractivity contribution in [1.29, 1.82) is 0 Å². The topological polar surface area (TPSA) is 29.3 Å². The van der Waals surface area contributed by atoms with Crippen LogP contribution in [0.1, 0.15) is 44.6 Å². The van der Waals surface area contributed by atoms with Crippen molar-refractivity contribution in [2.24, 2.45) is 11.7 Å². The van der Waals surface area contributed by atoms with E-state index in [1.54, 1.807) is 0 Å². The third kappa shape index (κ3) is 4.24. The minimum atomic E-state index is 0.771. The molecule has 1 atom stereocenters. The van der Waals surface area contributed by atoms with Gasteiger partial charge in [0.1, 0.15) is 0 Å². The van der Waals surface area contributed by atoms with Gasteiger partial charge in [0.15, 0.2) is 0 Å². The second kappa shape index (κ2) is 7.54. The zero-order valence-corrected chi connectivity index (χ0v) is 12.3. The molecular formula is C17H28N2. The Bertz CT molecular complexity index is 375. The van der Waals surface area contributed by atoms with Gasteiger partial charge in [-0.1, -0.05) is 25.1 Å². The first-order valence-corrected chi connectivity index (χ1v) is 7.84. The minimum Gasteiger partial charge on any atom is -0.371 e. The summed E-state index contributed by atoms with van der Waals surface area (Å²) in [7, 11) is 0. The fourth-order valence-corrected chi connectivity index (χ4v) is 3.06. The number of anilines is 1. The van der Waals surface area contributed by atoms with Gasteiger partial charge in [0.25, 0.3) is 0 Å². The quantitative estimate of drug-likeness (QED) is 0.847. The van der Waals surface area contributed by atoms with Crippen LogP contribution in [0.2, 0.25) is 0 Å². The molecule has 1 aliphatic rings. The van der Waals surface area contributed by atoms with Gasteiger partial charge in [0.05, 0.1) is 0 Å². The van der Waals surface area contributed by atoms with Crippen LogP contribution in [-0.4, -0.2) is 19.6 Å². The van der Waals surface area contributed by atoms with Gasteiger partial charge in [-0.05, 0) is 62.6 Å². The number of aryl methyl sites for hydroxylation is 1. The lowest BCUT2D eigenvalue weighted by atomic mass is 10.0. The minimum absolute atomic E-state index is 0.771. The molecule has 2 heteroatoms. The molecule has 2 rings (SSSR count). The van der Waals surface area contributed by atoms with E-state index in [0.717, 1.165) is 18.9 Å². The highest BCUT2D eigenvalue weighted by Crippen LogP contribution is 2.26. The second-order valence-corrected chi connectivity index (χ2v) is 5.90. The van der Waals surface area contributed by atoms with Crippen molar-refractivity contribution in [2.75, 3.05) is 24.5 Å². The smallest absolute Gasteiger partial charge is 0.0398 e. The third-order valence-electron chi connectivity index (χ3n) is 4.24. The van der Waals surface area contributed by atoms with Crippen LogP contribution in [0, 0.1) is 5.92 Å². The van der Waals surface area contributed by atoms with Gasteiger partial charge in [-0.15, -0.1) is 0 Å². The van der Waals surface area contributed by atoms with Gasteiger partial charge >= 0.3 is 0 Å². The van der Waals surface area contributed by atoms with Crippen molar-refractivity contribution in [3.05, 3.63) is 29.8 Å². The molecule has 0 aromatic heterocycles. The van der Waals surface area contributed by atoms with Gasteiger partial charge < -0.3 is 10.6 Å². The fraction of sp³-hybridized carbons (Fsp3) is 0.647. The van der Waals surface area contributed by atoms with Gasteiger partial charge in [-0.2, -0.15) is 0 Å². The normalized spacial score (nSPS) is 16.8.